The van der Waals surface area contributed by atoms with Crippen molar-refractivity contribution in [1.29, 1.82) is 0 Å². The first-order chi connectivity index (χ1) is 10.1. The van der Waals surface area contributed by atoms with Gasteiger partial charge in [0.15, 0.2) is 0 Å². The van der Waals surface area contributed by atoms with Gasteiger partial charge < -0.3 is 5.32 Å². The maximum Gasteiger partial charge on any atom is 0.291 e. The zero-order valence-electron chi connectivity index (χ0n) is 12.8. The molecule has 1 aliphatic rings. The van der Waals surface area contributed by atoms with E-state index >= 15 is 0 Å². The van der Waals surface area contributed by atoms with E-state index in [2.05, 4.69) is 24.3 Å². The number of thioether (sulfide) groups is 1. The molecule has 1 unspecified atom stereocenters. The second kappa shape index (κ2) is 8.08. The average Bonchev–Trinajstić information content (AvgIpc) is 2.41. The summed E-state index contributed by atoms with van der Waals surface area (Å²) in [6.45, 7) is 4.95. The van der Waals surface area contributed by atoms with Crippen LogP contribution in [0.3, 0.4) is 0 Å². The largest absolute Gasteiger partial charge is 0.377 e. The first kappa shape index (κ1) is 16.7. The van der Waals surface area contributed by atoms with E-state index in [-0.39, 0.29) is 11.6 Å². The fraction of sp³-hybridized carbons (Fsp3) is 0.733. The first-order valence-corrected chi connectivity index (χ1v) is 9.25. The normalized spacial score (nSPS) is 16.5. The molecule has 1 saturated carbocycles. The van der Waals surface area contributed by atoms with Crippen LogP contribution < -0.4 is 10.9 Å². The zero-order chi connectivity index (χ0) is 15.2. The molecule has 6 heteroatoms. The smallest absolute Gasteiger partial charge is 0.291 e. The highest BCUT2D eigenvalue weighted by Crippen LogP contribution is 2.27. The minimum atomic E-state index is -0.0932. The standard InChI is InChI=1S/C15H24ClN3OS/c1-3-21-8-7-11(2)18-14-13(16)9-17-19(15(14)20)10-12-5-4-6-12/h9,11-12,18H,3-8,10H2,1-2H3. The van der Waals surface area contributed by atoms with E-state index in [0.29, 0.717) is 23.2 Å². The van der Waals surface area contributed by atoms with E-state index in [0.717, 1.165) is 17.9 Å². The van der Waals surface area contributed by atoms with E-state index in [9.17, 15) is 4.79 Å². The van der Waals surface area contributed by atoms with Gasteiger partial charge in [-0.05, 0) is 43.6 Å². The molecule has 21 heavy (non-hydrogen) atoms. The third-order valence-electron chi connectivity index (χ3n) is 3.94. The molecule has 118 valence electrons. The van der Waals surface area contributed by atoms with Crippen molar-refractivity contribution in [3.05, 3.63) is 21.6 Å². The Labute approximate surface area is 135 Å². The van der Waals surface area contributed by atoms with Crippen molar-refractivity contribution in [3.8, 4) is 0 Å². The molecule has 0 aliphatic heterocycles. The highest BCUT2D eigenvalue weighted by Gasteiger charge is 2.20. The molecule has 1 aromatic heterocycles. The van der Waals surface area contributed by atoms with Crippen molar-refractivity contribution in [2.75, 3.05) is 16.8 Å². The molecule has 0 saturated heterocycles. The number of halogens is 1. The average molecular weight is 330 g/mol. The molecule has 1 N–H and O–H groups in total. The second-order valence-electron chi connectivity index (χ2n) is 5.68. The molecule has 0 aromatic carbocycles. The van der Waals surface area contributed by atoms with E-state index in [4.69, 9.17) is 11.6 Å². The van der Waals surface area contributed by atoms with Crippen LogP contribution in [-0.2, 0) is 6.54 Å². The van der Waals surface area contributed by atoms with Gasteiger partial charge in [0.1, 0.15) is 5.69 Å². The van der Waals surface area contributed by atoms with Crippen molar-refractivity contribution in [1.82, 2.24) is 9.78 Å². The van der Waals surface area contributed by atoms with Crippen molar-refractivity contribution < 1.29 is 0 Å². The Kier molecular flexibility index (Phi) is 6.42. The van der Waals surface area contributed by atoms with Crippen LogP contribution in [0, 0.1) is 5.92 Å². The number of aromatic nitrogens is 2. The first-order valence-electron chi connectivity index (χ1n) is 7.71. The third-order valence-corrected chi connectivity index (χ3v) is 5.16. The Bertz CT molecular complexity index is 516. The van der Waals surface area contributed by atoms with Crippen LogP contribution in [0.25, 0.3) is 0 Å². The van der Waals surface area contributed by atoms with Crippen LogP contribution in [0.1, 0.15) is 39.5 Å². The number of nitrogens with one attached hydrogen (secondary N) is 1. The van der Waals surface area contributed by atoms with Crippen molar-refractivity contribution in [2.45, 2.75) is 52.1 Å². The van der Waals surface area contributed by atoms with Crippen LogP contribution in [0.2, 0.25) is 5.02 Å². The lowest BCUT2D eigenvalue weighted by Gasteiger charge is -2.25. The molecule has 0 bridgehead atoms. The lowest BCUT2D eigenvalue weighted by atomic mass is 9.85. The third kappa shape index (κ3) is 4.65. The van der Waals surface area contributed by atoms with E-state index in [1.165, 1.54) is 19.3 Å². The van der Waals surface area contributed by atoms with Gasteiger partial charge in [-0.2, -0.15) is 16.9 Å². The van der Waals surface area contributed by atoms with Gasteiger partial charge in [0.2, 0.25) is 0 Å². The SMILES string of the molecule is CCSCCC(C)Nc1c(Cl)cnn(CC2CCC2)c1=O. The summed E-state index contributed by atoms with van der Waals surface area (Å²) in [7, 11) is 0. The predicted molar refractivity (Wildman–Crippen MR) is 91.5 cm³/mol. The lowest BCUT2D eigenvalue weighted by Crippen LogP contribution is -2.32. The maximum absolute atomic E-state index is 12.5. The summed E-state index contributed by atoms with van der Waals surface area (Å²) in [6.07, 6.45) is 6.26. The highest BCUT2D eigenvalue weighted by molar-refractivity contribution is 7.99. The summed E-state index contributed by atoms with van der Waals surface area (Å²) in [6, 6.07) is 0.230. The van der Waals surface area contributed by atoms with Crippen LogP contribution in [0.5, 0.6) is 0 Å². The van der Waals surface area contributed by atoms with Gasteiger partial charge in [0.05, 0.1) is 11.2 Å². The highest BCUT2D eigenvalue weighted by atomic mass is 35.5. The monoisotopic (exact) mass is 329 g/mol. The second-order valence-corrected chi connectivity index (χ2v) is 7.48. The minimum Gasteiger partial charge on any atom is -0.377 e. The molecule has 0 amide bonds. The summed E-state index contributed by atoms with van der Waals surface area (Å²) in [5.41, 5.74) is 0.407. The summed E-state index contributed by atoms with van der Waals surface area (Å²) < 4.78 is 1.56. The fourth-order valence-electron chi connectivity index (χ4n) is 2.37. The van der Waals surface area contributed by atoms with E-state index < -0.39 is 0 Å². The summed E-state index contributed by atoms with van der Waals surface area (Å²) in [5.74, 6) is 2.81. The number of hydrogen-bond acceptors (Lipinski definition) is 4. The van der Waals surface area contributed by atoms with Gasteiger partial charge in [-0.25, -0.2) is 4.68 Å². The number of hydrogen-bond donors (Lipinski definition) is 1. The molecule has 1 atom stereocenters. The molecular weight excluding hydrogens is 306 g/mol. The van der Waals surface area contributed by atoms with Crippen molar-refractivity contribution in [2.24, 2.45) is 5.92 Å². The van der Waals surface area contributed by atoms with Gasteiger partial charge in [-0.1, -0.05) is 24.9 Å². The van der Waals surface area contributed by atoms with E-state index in [1.54, 1.807) is 10.9 Å². The molecule has 4 nitrogen and oxygen atoms in total. The van der Waals surface area contributed by atoms with Crippen LogP contribution in [-0.4, -0.2) is 27.3 Å². The molecule has 2 rings (SSSR count). The zero-order valence-corrected chi connectivity index (χ0v) is 14.3. The summed E-state index contributed by atoms with van der Waals surface area (Å²) in [4.78, 5) is 12.5. The molecule has 1 aromatic rings. The van der Waals surface area contributed by atoms with Gasteiger partial charge in [0, 0.05) is 12.6 Å². The van der Waals surface area contributed by atoms with Gasteiger partial charge in [-0.15, -0.1) is 0 Å². The topological polar surface area (TPSA) is 46.9 Å². The van der Waals surface area contributed by atoms with Crippen LogP contribution in [0.15, 0.2) is 11.0 Å². The molecule has 1 heterocycles. The quantitative estimate of drug-likeness (QED) is 0.740. The molecule has 0 radical (unpaired) electrons. The molecule has 1 aliphatic carbocycles. The van der Waals surface area contributed by atoms with E-state index in [1.807, 2.05) is 11.8 Å². The Morgan fingerprint density at radius 3 is 2.95 bits per heavy atom. The van der Waals surface area contributed by atoms with Gasteiger partial charge in [-0.3, -0.25) is 4.79 Å². The predicted octanol–water partition coefficient (Wildman–Crippen LogP) is 3.64. The van der Waals surface area contributed by atoms with Crippen LogP contribution >= 0.6 is 23.4 Å². The Balaban J connectivity index is 2.03. The summed E-state index contributed by atoms with van der Waals surface area (Å²) in [5, 5.41) is 7.86. The summed E-state index contributed by atoms with van der Waals surface area (Å²) >= 11 is 8.06. The van der Waals surface area contributed by atoms with Crippen LogP contribution in [0.4, 0.5) is 5.69 Å². The fourth-order valence-corrected chi connectivity index (χ4v) is 3.36. The van der Waals surface area contributed by atoms with Crippen molar-refractivity contribution >= 4 is 29.1 Å². The lowest BCUT2D eigenvalue weighted by molar-refractivity contribution is 0.262. The Morgan fingerprint density at radius 2 is 2.33 bits per heavy atom. The number of rotatable bonds is 8. The van der Waals surface area contributed by atoms with Crippen molar-refractivity contribution in [3.63, 3.8) is 0 Å². The maximum atomic E-state index is 12.5. The number of anilines is 1. The molecule has 0 spiro atoms. The molecular formula is C15H24ClN3OS. The van der Waals surface area contributed by atoms with Gasteiger partial charge >= 0.3 is 0 Å². The Hall–Kier alpha value is -0.680. The molecule has 1 fully saturated rings. The Morgan fingerprint density at radius 1 is 1.57 bits per heavy atom. The number of nitrogens with zero attached hydrogens (tertiary/aromatic N) is 2. The minimum absolute atomic E-state index is 0.0932. The van der Waals surface area contributed by atoms with Gasteiger partial charge in [0.25, 0.3) is 5.56 Å².